The molecule has 0 radical (unpaired) electrons. The first-order chi connectivity index (χ1) is 20.3. The predicted octanol–water partition coefficient (Wildman–Crippen LogP) is 10.2. The number of fused-ring (bicyclic) bond motifs is 10. The quantitative estimate of drug-likeness (QED) is 0.211. The number of hydrogen-bond donors (Lipinski definition) is 0. The van der Waals surface area contributed by atoms with E-state index in [0.29, 0.717) is 0 Å². The van der Waals surface area contributed by atoms with E-state index in [1.165, 1.54) is 0 Å². The third-order valence-electron chi connectivity index (χ3n) is 8.27. The second kappa shape index (κ2) is 8.14. The van der Waals surface area contributed by atoms with Crippen molar-refractivity contribution in [2.45, 2.75) is 0 Å². The first kappa shape index (κ1) is 22.1. The third-order valence-corrected chi connectivity index (χ3v) is 8.27. The zero-order valence-corrected chi connectivity index (χ0v) is 21.9. The van der Waals surface area contributed by atoms with Crippen molar-refractivity contribution in [1.29, 1.82) is 0 Å². The van der Waals surface area contributed by atoms with E-state index in [0.717, 1.165) is 88.1 Å². The van der Waals surface area contributed by atoms with Gasteiger partial charge in [0.1, 0.15) is 16.7 Å². The van der Waals surface area contributed by atoms with Crippen LogP contribution in [0.25, 0.3) is 82.5 Å². The summed E-state index contributed by atoms with van der Waals surface area (Å²) < 4.78 is 15.0. The van der Waals surface area contributed by atoms with E-state index in [-0.39, 0.29) is 0 Å². The van der Waals surface area contributed by atoms with Gasteiger partial charge in [0.25, 0.3) is 0 Å². The number of aromatic nitrogens is 1. The average Bonchev–Trinajstić information content (AvgIpc) is 3.70. The number of rotatable bonds is 2. The van der Waals surface area contributed by atoms with Gasteiger partial charge in [0.2, 0.25) is 0 Å². The molecule has 0 atom stereocenters. The molecule has 0 saturated carbocycles. The van der Waals surface area contributed by atoms with Crippen molar-refractivity contribution < 1.29 is 8.83 Å². The van der Waals surface area contributed by atoms with Crippen molar-refractivity contribution in [2.75, 3.05) is 0 Å². The van der Waals surface area contributed by atoms with Gasteiger partial charge >= 0.3 is 0 Å². The van der Waals surface area contributed by atoms with Crippen LogP contribution >= 0.6 is 0 Å². The molecule has 6 aromatic carbocycles. The average molecular weight is 524 g/mol. The van der Waals surface area contributed by atoms with Gasteiger partial charge in [0, 0.05) is 43.4 Å². The van der Waals surface area contributed by atoms with Gasteiger partial charge in [-0.2, -0.15) is 0 Å². The summed E-state index contributed by atoms with van der Waals surface area (Å²) in [6, 6.07) is 42.0. The number of furan rings is 2. The highest BCUT2D eigenvalue weighted by Crippen LogP contribution is 2.42. The highest BCUT2D eigenvalue weighted by Gasteiger charge is 2.21. The lowest BCUT2D eigenvalue weighted by atomic mass is 9.99. The fourth-order valence-electron chi connectivity index (χ4n) is 6.43. The normalized spacial score (nSPS) is 11.9. The summed E-state index contributed by atoms with van der Waals surface area (Å²) in [6.07, 6.45) is 5.96. The maximum absolute atomic E-state index is 6.58. The molecule has 0 aliphatic heterocycles. The van der Waals surface area contributed by atoms with Crippen LogP contribution in [0.5, 0.6) is 0 Å². The van der Waals surface area contributed by atoms with Crippen LogP contribution in [0.1, 0.15) is 5.56 Å². The lowest BCUT2D eigenvalue weighted by molar-refractivity contribution is 0.669. The molecule has 0 spiro atoms. The minimum Gasteiger partial charge on any atom is -0.456 e. The molecule has 9 rings (SSSR count). The summed E-state index contributed by atoms with van der Waals surface area (Å²) in [6.45, 7) is 0. The fourth-order valence-corrected chi connectivity index (χ4v) is 6.43. The molecular formula is C38H21NO2. The summed E-state index contributed by atoms with van der Waals surface area (Å²) in [5.41, 5.74) is 9.63. The molecule has 3 heteroatoms. The van der Waals surface area contributed by atoms with Crippen LogP contribution in [-0.2, 0) is 0 Å². The van der Waals surface area contributed by atoms with Crippen molar-refractivity contribution in [3.05, 3.63) is 127 Å². The zero-order chi connectivity index (χ0) is 27.1. The largest absolute Gasteiger partial charge is 0.456 e. The number of para-hydroxylation sites is 3. The molecule has 3 nitrogen and oxygen atoms in total. The van der Waals surface area contributed by atoms with E-state index in [1.807, 2.05) is 36.4 Å². The molecule has 0 fully saturated rings. The summed E-state index contributed by atoms with van der Waals surface area (Å²) >= 11 is 0. The van der Waals surface area contributed by atoms with E-state index in [1.54, 1.807) is 0 Å². The van der Waals surface area contributed by atoms with Crippen LogP contribution in [0.3, 0.4) is 0 Å². The fraction of sp³-hybridized carbons (Fsp3) is 0. The minimum atomic E-state index is 0.821. The van der Waals surface area contributed by atoms with Gasteiger partial charge in [-0.1, -0.05) is 78.7 Å². The van der Waals surface area contributed by atoms with E-state index in [4.69, 9.17) is 15.3 Å². The number of terminal acetylenes is 1. The Morgan fingerprint density at radius 3 is 2.05 bits per heavy atom. The molecule has 190 valence electrons. The molecule has 0 amide bonds. The summed E-state index contributed by atoms with van der Waals surface area (Å²) in [5.74, 6) is 2.86. The molecule has 0 aliphatic rings. The first-order valence-corrected chi connectivity index (χ1v) is 13.6. The van der Waals surface area contributed by atoms with Crippen molar-refractivity contribution in [3.63, 3.8) is 0 Å². The number of benzene rings is 6. The van der Waals surface area contributed by atoms with Crippen LogP contribution in [0.2, 0.25) is 0 Å². The Morgan fingerprint density at radius 1 is 0.537 bits per heavy atom. The zero-order valence-electron chi connectivity index (χ0n) is 21.9. The molecule has 3 aromatic heterocycles. The Hall–Kier alpha value is -5.72. The monoisotopic (exact) mass is 523 g/mol. The van der Waals surface area contributed by atoms with E-state index in [2.05, 4.69) is 95.4 Å². The van der Waals surface area contributed by atoms with Crippen molar-refractivity contribution in [1.82, 2.24) is 4.57 Å². The first-order valence-electron chi connectivity index (χ1n) is 13.6. The Balaban J connectivity index is 1.43. The minimum absolute atomic E-state index is 0.821. The highest BCUT2D eigenvalue weighted by molar-refractivity contribution is 6.21. The van der Waals surface area contributed by atoms with Crippen LogP contribution in [0.15, 0.2) is 130 Å². The molecule has 0 aliphatic carbocycles. The van der Waals surface area contributed by atoms with Crippen molar-refractivity contribution >= 4 is 65.7 Å². The van der Waals surface area contributed by atoms with Crippen molar-refractivity contribution in [3.8, 4) is 29.2 Å². The number of nitrogens with zero attached hydrogens (tertiary/aromatic N) is 1. The van der Waals surface area contributed by atoms with Crippen molar-refractivity contribution in [2.24, 2.45) is 0 Å². The van der Waals surface area contributed by atoms with Crippen LogP contribution in [-0.4, -0.2) is 4.57 Å². The van der Waals surface area contributed by atoms with E-state index in [9.17, 15) is 0 Å². The van der Waals surface area contributed by atoms with Gasteiger partial charge in [0.05, 0.1) is 16.7 Å². The lowest BCUT2D eigenvalue weighted by Crippen LogP contribution is -1.98. The summed E-state index contributed by atoms with van der Waals surface area (Å²) in [5, 5.41) is 6.70. The second-order valence-corrected chi connectivity index (χ2v) is 10.5. The Bertz CT molecular complexity index is 2550. The lowest BCUT2D eigenvalue weighted by Gasteiger charge is -2.15. The van der Waals surface area contributed by atoms with E-state index >= 15 is 0 Å². The maximum atomic E-state index is 6.58. The third kappa shape index (κ3) is 3.05. The predicted molar refractivity (Wildman–Crippen MR) is 169 cm³/mol. The maximum Gasteiger partial charge on any atom is 0.160 e. The summed E-state index contributed by atoms with van der Waals surface area (Å²) in [7, 11) is 0. The topological polar surface area (TPSA) is 31.2 Å². The Morgan fingerprint density at radius 2 is 1.22 bits per heavy atom. The SMILES string of the molecule is C#Cc1ccc(-c2ccc3oc4ccccc4c3c2)c(-n2c3ccccc3c3ccc4c5ccccc5oc4c32)c1. The standard InChI is InChI=1S/C38H21NO2/c1-2-23-15-17-25(24-16-20-36-31(22-24)28-11-5-7-13-34(28)40-36)33(21-23)39-32-12-6-3-9-26(32)29-18-19-30-27-10-4-8-14-35(27)41-38(30)37(29)39/h1,3-22H. The van der Waals surface area contributed by atoms with Gasteiger partial charge in [0.15, 0.2) is 5.58 Å². The van der Waals surface area contributed by atoms with Crippen LogP contribution in [0.4, 0.5) is 0 Å². The molecule has 0 bridgehead atoms. The molecule has 3 heterocycles. The summed E-state index contributed by atoms with van der Waals surface area (Å²) in [4.78, 5) is 0. The Kier molecular flexibility index (Phi) is 4.40. The van der Waals surface area contributed by atoms with Gasteiger partial charge in [-0.05, 0) is 54.1 Å². The molecule has 0 saturated heterocycles. The number of hydrogen-bond acceptors (Lipinski definition) is 2. The Labute approximate surface area is 234 Å². The molecule has 0 N–H and O–H groups in total. The van der Waals surface area contributed by atoms with Gasteiger partial charge in [-0.15, -0.1) is 6.42 Å². The van der Waals surface area contributed by atoms with Crippen LogP contribution in [0, 0.1) is 12.3 Å². The molecular weight excluding hydrogens is 502 g/mol. The van der Waals surface area contributed by atoms with Gasteiger partial charge in [-0.25, -0.2) is 0 Å². The van der Waals surface area contributed by atoms with Crippen LogP contribution < -0.4 is 0 Å². The highest BCUT2D eigenvalue weighted by atomic mass is 16.3. The smallest absolute Gasteiger partial charge is 0.160 e. The molecule has 9 aromatic rings. The van der Waals surface area contributed by atoms with Gasteiger partial charge < -0.3 is 13.4 Å². The van der Waals surface area contributed by atoms with E-state index < -0.39 is 0 Å². The molecule has 41 heavy (non-hydrogen) atoms. The second-order valence-electron chi connectivity index (χ2n) is 10.5. The van der Waals surface area contributed by atoms with Gasteiger partial charge in [-0.3, -0.25) is 0 Å². The molecule has 0 unspecified atom stereocenters.